The first-order chi connectivity index (χ1) is 16.0. The number of aromatic nitrogens is 4. The molecular formula is C24H21N7O2. The molecule has 1 aliphatic carbocycles. The van der Waals surface area contributed by atoms with Gasteiger partial charge in [-0.15, -0.1) is 0 Å². The fourth-order valence-corrected chi connectivity index (χ4v) is 3.91. The predicted molar refractivity (Wildman–Crippen MR) is 125 cm³/mol. The van der Waals surface area contributed by atoms with Crippen LogP contribution >= 0.6 is 0 Å². The zero-order valence-corrected chi connectivity index (χ0v) is 18.1. The van der Waals surface area contributed by atoms with Gasteiger partial charge in [-0.3, -0.25) is 14.3 Å². The molecule has 4 aromatic rings. The Balaban J connectivity index is 1.68. The second-order valence-corrected chi connectivity index (χ2v) is 8.05. The minimum atomic E-state index is -0.285. The van der Waals surface area contributed by atoms with E-state index in [0.717, 1.165) is 24.0 Å². The van der Waals surface area contributed by atoms with E-state index in [1.165, 1.54) is 6.20 Å². The van der Waals surface area contributed by atoms with Crippen LogP contribution in [0.2, 0.25) is 0 Å². The van der Waals surface area contributed by atoms with Gasteiger partial charge in [0.2, 0.25) is 11.6 Å². The molecule has 1 saturated carbocycles. The van der Waals surface area contributed by atoms with Gasteiger partial charge in [0.25, 0.3) is 5.91 Å². The van der Waals surface area contributed by atoms with Gasteiger partial charge >= 0.3 is 0 Å². The van der Waals surface area contributed by atoms with Gasteiger partial charge in [0.1, 0.15) is 0 Å². The van der Waals surface area contributed by atoms with E-state index in [1.54, 1.807) is 17.9 Å². The van der Waals surface area contributed by atoms with Gasteiger partial charge in [-0.05, 0) is 24.5 Å². The number of aromatic amines is 1. The zero-order chi connectivity index (χ0) is 23.1. The highest BCUT2D eigenvalue weighted by molar-refractivity contribution is 6.11. The third-order valence-corrected chi connectivity index (χ3v) is 5.78. The quantitative estimate of drug-likeness (QED) is 0.410. The summed E-state index contributed by atoms with van der Waals surface area (Å²) in [6.07, 6.45) is 6.78. The summed E-state index contributed by atoms with van der Waals surface area (Å²) in [5.41, 5.74) is 4.34. The van der Waals surface area contributed by atoms with Gasteiger partial charge in [-0.2, -0.15) is 5.10 Å². The van der Waals surface area contributed by atoms with Crippen LogP contribution in [0.25, 0.3) is 38.1 Å². The van der Waals surface area contributed by atoms with E-state index in [9.17, 15) is 9.59 Å². The minimum Gasteiger partial charge on any atom is -0.355 e. The summed E-state index contributed by atoms with van der Waals surface area (Å²) >= 11 is 0. The highest BCUT2D eigenvalue weighted by Crippen LogP contribution is 2.41. The van der Waals surface area contributed by atoms with Crippen LogP contribution in [0.1, 0.15) is 23.2 Å². The molecule has 1 fully saturated rings. The molecule has 2 amide bonds. The number of amides is 2. The van der Waals surface area contributed by atoms with E-state index >= 15 is 0 Å². The van der Waals surface area contributed by atoms with Crippen molar-refractivity contribution in [1.29, 1.82) is 0 Å². The summed E-state index contributed by atoms with van der Waals surface area (Å²) in [5, 5.41) is 10.3. The molecule has 9 heteroatoms. The molecular weight excluding hydrogens is 418 g/mol. The summed E-state index contributed by atoms with van der Waals surface area (Å²) < 4.78 is 1.69. The number of anilines is 1. The Kier molecular flexibility index (Phi) is 4.90. The molecule has 1 aromatic carbocycles. The second-order valence-electron chi connectivity index (χ2n) is 8.05. The van der Waals surface area contributed by atoms with E-state index in [-0.39, 0.29) is 17.7 Å². The Morgan fingerprint density at radius 3 is 2.70 bits per heavy atom. The maximum absolute atomic E-state index is 12.5. The minimum absolute atomic E-state index is 0.0137. The highest BCUT2D eigenvalue weighted by atomic mass is 16.2. The van der Waals surface area contributed by atoms with Crippen LogP contribution < -0.4 is 10.6 Å². The van der Waals surface area contributed by atoms with Crippen LogP contribution in [0.15, 0.2) is 42.9 Å². The zero-order valence-electron chi connectivity index (χ0n) is 18.1. The standard InChI is InChI=1S/C24H21N7O2/c1-25-20-15(14-10-28-31(3)12-14)5-4-6-16(20)19-9-17-18(24(33)26-2)11-27-22(21(17)29-19)30-23(32)13-7-8-13/h4-6,9-13,29H,7-8H2,2-3H3,(H,26,33)(H,27,30,32). The Bertz CT molecular complexity index is 1450. The number of carbonyl (C=O) groups is 2. The lowest BCUT2D eigenvalue weighted by atomic mass is 10.0. The maximum Gasteiger partial charge on any atom is 0.253 e. The Morgan fingerprint density at radius 2 is 2.03 bits per heavy atom. The van der Waals surface area contributed by atoms with E-state index in [1.807, 2.05) is 37.5 Å². The van der Waals surface area contributed by atoms with E-state index < -0.39 is 0 Å². The fraction of sp³-hybridized carbons (Fsp3) is 0.208. The number of fused-ring (bicyclic) bond motifs is 1. The third kappa shape index (κ3) is 3.61. The third-order valence-electron chi connectivity index (χ3n) is 5.78. The molecule has 1 aliphatic rings. The number of benzene rings is 1. The molecule has 0 bridgehead atoms. The molecule has 33 heavy (non-hydrogen) atoms. The molecule has 0 unspecified atom stereocenters. The molecule has 0 aliphatic heterocycles. The number of H-pyrrole nitrogens is 1. The van der Waals surface area contributed by atoms with Crippen LogP contribution in [-0.4, -0.2) is 38.6 Å². The Hall–Kier alpha value is -4.45. The number of para-hydroxylation sites is 1. The van der Waals surface area contributed by atoms with Crippen LogP contribution in [0.3, 0.4) is 0 Å². The van der Waals surface area contributed by atoms with Gasteiger partial charge in [0.15, 0.2) is 5.82 Å². The van der Waals surface area contributed by atoms with Crippen molar-refractivity contribution in [2.75, 3.05) is 12.4 Å². The average molecular weight is 439 g/mol. The molecule has 3 N–H and O–H groups in total. The van der Waals surface area contributed by atoms with Crippen LogP contribution in [0.5, 0.6) is 0 Å². The van der Waals surface area contributed by atoms with Crippen LogP contribution in [-0.2, 0) is 11.8 Å². The Morgan fingerprint density at radius 1 is 1.24 bits per heavy atom. The first-order valence-corrected chi connectivity index (χ1v) is 10.5. The number of hydrogen-bond acceptors (Lipinski definition) is 4. The van der Waals surface area contributed by atoms with Crippen molar-refractivity contribution in [2.45, 2.75) is 12.8 Å². The molecule has 0 atom stereocenters. The Labute approximate surface area is 189 Å². The first-order valence-electron chi connectivity index (χ1n) is 10.5. The number of pyridine rings is 1. The summed E-state index contributed by atoms with van der Waals surface area (Å²) in [6.45, 7) is 7.84. The summed E-state index contributed by atoms with van der Waals surface area (Å²) in [5.74, 6) is 0.0223. The molecule has 3 heterocycles. The van der Waals surface area contributed by atoms with Gasteiger partial charge in [-0.1, -0.05) is 18.2 Å². The van der Waals surface area contributed by atoms with Gasteiger partial charge in [0, 0.05) is 54.6 Å². The highest BCUT2D eigenvalue weighted by Gasteiger charge is 2.30. The second kappa shape index (κ2) is 7.91. The van der Waals surface area contributed by atoms with Crippen LogP contribution in [0.4, 0.5) is 11.5 Å². The normalized spacial score (nSPS) is 13.0. The van der Waals surface area contributed by atoms with Crippen LogP contribution in [0, 0.1) is 12.5 Å². The predicted octanol–water partition coefficient (Wildman–Crippen LogP) is 3.89. The van der Waals surface area contributed by atoms with Gasteiger partial charge in [-0.25, -0.2) is 9.83 Å². The van der Waals surface area contributed by atoms with Crippen molar-refractivity contribution in [3.8, 4) is 22.4 Å². The van der Waals surface area contributed by atoms with Crippen molar-refractivity contribution in [2.24, 2.45) is 13.0 Å². The number of nitrogens with zero attached hydrogens (tertiary/aromatic N) is 4. The lowest BCUT2D eigenvalue weighted by molar-refractivity contribution is -0.117. The molecule has 3 aromatic heterocycles. The summed E-state index contributed by atoms with van der Waals surface area (Å²) in [7, 11) is 3.38. The van der Waals surface area contributed by atoms with Crippen molar-refractivity contribution >= 4 is 34.2 Å². The van der Waals surface area contributed by atoms with E-state index in [4.69, 9.17) is 6.57 Å². The monoisotopic (exact) mass is 439 g/mol. The smallest absolute Gasteiger partial charge is 0.253 e. The molecule has 5 rings (SSSR count). The summed E-state index contributed by atoms with van der Waals surface area (Å²) in [4.78, 5) is 36.3. The van der Waals surface area contributed by atoms with Crippen molar-refractivity contribution in [1.82, 2.24) is 25.1 Å². The molecule has 0 radical (unpaired) electrons. The SMILES string of the molecule is [C-]#[N+]c1c(-c2cnn(C)c2)cccc1-c1cc2c(C(=O)NC)cnc(NC(=O)C3CC3)c2[nH]1. The average Bonchev–Trinajstić information content (AvgIpc) is 3.44. The van der Waals surface area contributed by atoms with Crippen molar-refractivity contribution in [3.63, 3.8) is 0 Å². The fourth-order valence-electron chi connectivity index (χ4n) is 3.91. The number of nitrogens with one attached hydrogen (secondary N) is 3. The summed E-state index contributed by atoms with van der Waals surface area (Å²) in [6, 6.07) is 7.44. The molecule has 0 spiro atoms. The first kappa shape index (κ1) is 20.5. The lowest BCUT2D eigenvalue weighted by Gasteiger charge is -2.08. The number of rotatable bonds is 5. The van der Waals surface area contributed by atoms with Gasteiger partial charge in [0.05, 0.1) is 23.8 Å². The molecule has 9 nitrogen and oxygen atoms in total. The number of aryl methyl sites for hydroxylation is 1. The number of carbonyl (C=O) groups excluding carboxylic acids is 2. The topological polar surface area (TPSA) is 109 Å². The lowest BCUT2D eigenvalue weighted by Crippen LogP contribution is -2.19. The van der Waals surface area contributed by atoms with Crippen molar-refractivity contribution < 1.29 is 9.59 Å². The van der Waals surface area contributed by atoms with Crippen molar-refractivity contribution in [3.05, 3.63) is 59.8 Å². The van der Waals surface area contributed by atoms with E-state index in [2.05, 4.69) is 30.5 Å². The molecule has 0 saturated heterocycles. The van der Waals surface area contributed by atoms with Gasteiger partial charge < -0.3 is 15.6 Å². The number of hydrogen-bond donors (Lipinski definition) is 3. The molecule has 164 valence electrons. The van der Waals surface area contributed by atoms with E-state index in [0.29, 0.717) is 39.2 Å². The maximum atomic E-state index is 12.5. The largest absolute Gasteiger partial charge is 0.355 e.